The van der Waals surface area contributed by atoms with Crippen molar-refractivity contribution >= 4 is 5.97 Å². The van der Waals surface area contributed by atoms with Gasteiger partial charge in [0.2, 0.25) is 0 Å². The highest BCUT2D eigenvalue weighted by Gasteiger charge is 2.25. The molecule has 0 aromatic heterocycles. The van der Waals surface area contributed by atoms with Gasteiger partial charge in [0.1, 0.15) is 5.60 Å². The van der Waals surface area contributed by atoms with E-state index < -0.39 is 5.60 Å². The van der Waals surface area contributed by atoms with E-state index in [1.807, 2.05) is 20.8 Å². The molecule has 0 rings (SSSR count). The molecule has 3 heteroatoms. The molecule has 2 unspecified atom stereocenters. The van der Waals surface area contributed by atoms with Crippen molar-refractivity contribution in [1.82, 2.24) is 0 Å². The summed E-state index contributed by atoms with van der Waals surface area (Å²) >= 11 is 0. The Hall–Kier alpha value is -0.570. The summed E-state index contributed by atoms with van der Waals surface area (Å²) in [5.41, 5.74) is -0.624. The molecule has 0 aliphatic rings. The van der Waals surface area contributed by atoms with Gasteiger partial charge >= 0.3 is 5.97 Å². The zero-order chi connectivity index (χ0) is 15.8. The second kappa shape index (κ2) is 8.66. The van der Waals surface area contributed by atoms with Gasteiger partial charge in [0.15, 0.2) is 0 Å². The van der Waals surface area contributed by atoms with Gasteiger partial charge in [-0.25, -0.2) is 0 Å². The number of hydrogen-bond donors (Lipinski definition) is 0. The first-order valence-electron chi connectivity index (χ1n) is 7.97. The van der Waals surface area contributed by atoms with Crippen molar-refractivity contribution in [1.29, 1.82) is 0 Å². The highest BCUT2D eigenvalue weighted by molar-refractivity contribution is 5.69. The van der Waals surface area contributed by atoms with Crippen LogP contribution in [-0.4, -0.2) is 23.8 Å². The summed E-state index contributed by atoms with van der Waals surface area (Å²) in [5.74, 6) is 0.560. The SMILES string of the molecule is CCC(C)CCOC(C)(CC)CCC(=O)OC(C)(C)C. The normalized spacial score (nSPS) is 16.6. The Morgan fingerprint density at radius 1 is 1.15 bits per heavy atom. The van der Waals surface area contributed by atoms with Crippen LogP contribution in [0.3, 0.4) is 0 Å². The molecule has 0 saturated carbocycles. The molecular formula is C17H34O3. The van der Waals surface area contributed by atoms with Crippen LogP contribution >= 0.6 is 0 Å². The Bertz CT molecular complexity index is 280. The monoisotopic (exact) mass is 286 g/mol. The molecule has 0 aliphatic heterocycles. The van der Waals surface area contributed by atoms with Gasteiger partial charge in [0.05, 0.1) is 5.60 Å². The summed E-state index contributed by atoms with van der Waals surface area (Å²) in [5, 5.41) is 0. The van der Waals surface area contributed by atoms with Crippen LogP contribution in [-0.2, 0) is 14.3 Å². The minimum Gasteiger partial charge on any atom is -0.460 e. The predicted octanol–water partition coefficient (Wildman–Crippen LogP) is 4.73. The molecule has 2 atom stereocenters. The lowest BCUT2D eigenvalue weighted by Crippen LogP contribution is -2.31. The Kier molecular flexibility index (Phi) is 8.41. The van der Waals surface area contributed by atoms with E-state index in [4.69, 9.17) is 9.47 Å². The first-order valence-corrected chi connectivity index (χ1v) is 7.97. The summed E-state index contributed by atoms with van der Waals surface area (Å²) in [7, 11) is 0. The summed E-state index contributed by atoms with van der Waals surface area (Å²) in [6.45, 7) is 15.1. The van der Waals surface area contributed by atoms with E-state index in [0.29, 0.717) is 12.3 Å². The van der Waals surface area contributed by atoms with Crippen molar-refractivity contribution in [3.63, 3.8) is 0 Å². The van der Waals surface area contributed by atoms with Gasteiger partial charge in [-0.1, -0.05) is 27.2 Å². The third-order valence-electron chi connectivity index (χ3n) is 3.78. The third-order valence-corrected chi connectivity index (χ3v) is 3.78. The van der Waals surface area contributed by atoms with E-state index in [1.165, 1.54) is 6.42 Å². The standard InChI is InChI=1S/C17H34O3/c1-8-14(3)11-13-19-17(7,9-2)12-10-15(18)20-16(4,5)6/h14H,8-13H2,1-7H3. The molecule has 20 heavy (non-hydrogen) atoms. The van der Waals surface area contributed by atoms with E-state index in [1.54, 1.807) is 0 Å². The summed E-state index contributed by atoms with van der Waals surface area (Å²) in [6.07, 6.45) is 4.32. The number of ether oxygens (including phenoxy) is 2. The van der Waals surface area contributed by atoms with Gasteiger partial charge in [0, 0.05) is 13.0 Å². The molecule has 0 aliphatic carbocycles. The second-order valence-electron chi connectivity index (χ2n) is 7.04. The van der Waals surface area contributed by atoms with Crippen molar-refractivity contribution < 1.29 is 14.3 Å². The van der Waals surface area contributed by atoms with Crippen molar-refractivity contribution in [3.8, 4) is 0 Å². The zero-order valence-corrected chi connectivity index (χ0v) is 14.5. The van der Waals surface area contributed by atoms with E-state index in [-0.39, 0.29) is 11.6 Å². The molecule has 0 amide bonds. The topological polar surface area (TPSA) is 35.5 Å². The van der Waals surface area contributed by atoms with Crippen LogP contribution < -0.4 is 0 Å². The van der Waals surface area contributed by atoms with Gasteiger partial charge in [0.25, 0.3) is 0 Å². The predicted molar refractivity (Wildman–Crippen MR) is 83.8 cm³/mol. The van der Waals surface area contributed by atoms with Gasteiger partial charge in [-0.15, -0.1) is 0 Å². The lowest BCUT2D eigenvalue weighted by Gasteiger charge is -2.29. The summed E-state index contributed by atoms with van der Waals surface area (Å²) in [6, 6.07) is 0. The number of hydrogen-bond acceptors (Lipinski definition) is 3. The summed E-state index contributed by atoms with van der Waals surface area (Å²) in [4.78, 5) is 11.8. The van der Waals surface area contributed by atoms with Gasteiger partial charge in [-0.3, -0.25) is 4.79 Å². The van der Waals surface area contributed by atoms with Gasteiger partial charge in [-0.05, 0) is 52.9 Å². The molecule has 0 aromatic carbocycles. The Labute approximate surface area is 125 Å². The minimum absolute atomic E-state index is 0.136. The van der Waals surface area contributed by atoms with Crippen LogP contribution in [0.4, 0.5) is 0 Å². The van der Waals surface area contributed by atoms with Gasteiger partial charge < -0.3 is 9.47 Å². The van der Waals surface area contributed by atoms with Crippen LogP contribution in [0, 0.1) is 5.92 Å². The summed E-state index contributed by atoms with van der Waals surface area (Å²) < 4.78 is 11.4. The fraction of sp³-hybridized carbons (Fsp3) is 0.941. The molecule has 0 N–H and O–H groups in total. The largest absolute Gasteiger partial charge is 0.460 e. The highest BCUT2D eigenvalue weighted by Crippen LogP contribution is 2.24. The molecule has 0 radical (unpaired) electrons. The molecule has 0 saturated heterocycles. The lowest BCUT2D eigenvalue weighted by molar-refractivity contribution is -0.156. The lowest BCUT2D eigenvalue weighted by atomic mass is 9.96. The maximum absolute atomic E-state index is 11.8. The highest BCUT2D eigenvalue weighted by atomic mass is 16.6. The fourth-order valence-electron chi connectivity index (χ4n) is 1.82. The van der Waals surface area contributed by atoms with Crippen LogP contribution in [0.15, 0.2) is 0 Å². The second-order valence-corrected chi connectivity index (χ2v) is 7.04. The third kappa shape index (κ3) is 9.35. The van der Waals surface area contributed by atoms with Gasteiger partial charge in [-0.2, -0.15) is 0 Å². The molecule has 0 spiro atoms. The van der Waals surface area contributed by atoms with E-state index >= 15 is 0 Å². The first kappa shape index (κ1) is 19.4. The number of carbonyl (C=O) groups is 1. The Balaban J connectivity index is 4.14. The molecular weight excluding hydrogens is 252 g/mol. The number of rotatable bonds is 9. The van der Waals surface area contributed by atoms with Crippen molar-refractivity contribution in [2.24, 2.45) is 5.92 Å². The fourth-order valence-corrected chi connectivity index (χ4v) is 1.82. The molecule has 0 bridgehead atoms. The minimum atomic E-state index is -0.406. The first-order chi connectivity index (χ1) is 9.12. The zero-order valence-electron chi connectivity index (χ0n) is 14.5. The average molecular weight is 286 g/mol. The quantitative estimate of drug-likeness (QED) is 0.575. The molecule has 0 aromatic rings. The maximum Gasteiger partial charge on any atom is 0.306 e. The molecule has 3 nitrogen and oxygen atoms in total. The van der Waals surface area contributed by atoms with E-state index in [9.17, 15) is 4.79 Å². The van der Waals surface area contributed by atoms with Crippen LogP contribution in [0.1, 0.15) is 80.6 Å². The number of carbonyl (C=O) groups excluding carboxylic acids is 1. The van der Waals surface area contributed by atoms with E-state index in [2.05, 4.69) is 27.7 Å². The van der Waals surface area contributed by atoms with Crippen LogP contribution in [0.5, 0.6) is 0 Å². The van der Waals surface area contributed by atoms with E-state index in [0.717, 1.165) is 25.9 Å². The molecule has 0 heterocycles. The van der Waals surface area contributed by atoms with Crippen molar-refractivity contribution in [3.05, 3.63) is 0 Å². The average Bonchev–Trinajstić information content (AvgIpc) is 2.34. The van der Waals surface area contributed by atoms with Crippen LogP contribution in [0.25, 0.3) is 0 Å². The molecule has 0 fully saturated rings. The van der Waals surface area contributed by atoms with Crippen molar-refractivity contribution in [2.75, 3.05) is 6.61 Å². The Morgan fingerprint density at radius 2 is 1.75 bits per heavy atom. The maximum atomic E-state index is 11.8. The molecule has 120 valence electrons. The number of esters is 1. The van der Waals surface area contributed by atoms with Crippen LogP contribution in [0.2, 0.25) is 0 Å². The smallest absolute Gasteiger partial charge is 0.306 e. The van der Waals surface area contributed by atoms with Crippen molar-refractivity contribution in [2.45, 2.75) is 91.8 Å². The Morgan fingerprint density at radius 3 is 2.20 bits per heavy atom.